The normalized spacial score (nSPS) is 24.9. The van der Waals surface area contributed by atoms with Gasteiger partial charge in [0.2, 0.25) is 5.91 Å². The van der Waals surface area contributed by atoms with E-state index in [0.29, 0.717) is 13.0 Å². The van der Waals surface area contributed by atoms with E-state index in [9.17, 15) is 4.79 Å². The van der Waals surface area contributed by atoms with E-state index in [2.05, 4.69) is 5.32 Å². The summed E-state index contributed by atoms with van der Waals surface area (Å²) in [6.45, 7) is 3.13. The average Bonchev–Trinajstić information content (AvgIpc) is 2.98. The zero-order valence-electron chi connectivity index (χ0n) is 12.5. The van der Waals surface area contributed by atoms with E-state index in [1.165, 1.54) is 0 Å². The smallest absolute Gasteiger partial charge is 0.225 e. The number of likely N-dealkylation sites (tertiary alicyclic amines) is 1. The Balaban J connectivity index is 0.00000176. The fourth-order valence-corrected chi connectivity index (χ4v) is 3.46. The van der Waals surface area contributed by atoms with Gasteiger partial charge in [-0.3, -0.25) is 4.79 Å². The molecule has 2 fully saturated rings. The summed E-state index contributed by atoms with van der Waals surface area (Å²) >= 11 is 6.29. The number of amides is 1. The minimum absolute atomic E-state index is 0. The van der Waals surface area contributed by atoms with Gasteiger partial charge >= 0.3 is 0 Å². The van der Waals surface area contributed by atoms with E-state index in [0.717, 1.165) is 43.1 Å². The summed E-state index contributed by atoms with van der Waals surface area (Å²) in [6.07, 6.45) is 2.47. The molecule has 0 bridgehead atoms. The molecule has 0 aliphatic carbocycles. The summed E-state index contributed by atoms with van der Waals surface area (Å²) in [4.78, 5) is 14.6. The molecule has 122 valence electrons. The molecule has 1 N–H and O–H groups in total. The van der Waals surface area contributed by atoms with E-state index in [-0.39, 0.29) is 30.5 Å². The van der Waals surface area contributed by atoms with Gasteiger partial charge in [0.1, 0.15) is 0 Å². The molecule has 1 aromatic carbocycles. The number of hydrogen-bond acceptors (Lipinski definition) is 3. The topological polar surface area (TPSA) is 41.6 Å². The van der Waals surface area contributed by atoms with Crippen LogP contribution in [0.4, 0.5) is 0 Å². The Bertz CT molecular complexity index is 507. The molecule has 2 atom stereocenters. The summed E-state index contributed by atoms with van der Waals surface area (Å²) in [5, 5.41) is 4.01. The maximum absolute atomic E-state index is 12.6. The number of morpholine rings is 1. The van der Waals surface area contributed by atoms with Crippen molar-refractivity contribution in [1.82, 2.24) is 10.2 Å². The van der Waals surface area contributed by atoms with Gasteiger partial charge < -0.3 is 15.0 Å². The fraction of sp³-hybridized carbons (Fsp3) is 0.562. The Hall–Kier alpha value is -0.810. The van der Waals surface area contributed by atoms with Crippen molar-refractivity contribution in [1.29, 1.82) is 0 Å². The van der Waals surface area contributed by atoms with Crippen molar-refractivity contribution in [2.75, 3.05) is 26.2 Å². The monoisotopic (exact) mass is 344 g/mol. The van der Waals surface area contributed by atoms with Gasteiger partial charge in [-0.1, -0.05) is 29.8 Å². The highest BCUT2D eigenvalue weighted by molar-refractivity contribution is 6.31. The number of rotatable bonds is 3. The van der Waals surface area contributed by atoms with Crippen LogP contribution < -0.4 is 5.32 Å². The lowest BCUT2D eigenvalue weighted by Gasteiger charge is -2.29. The van der Waals surface area contributed by atoms with Gasteiger partial charge in [-0.2, -0.15) is 0 Å². The molecular formula is C16H22Cl2N2O2. The zero-order valence-corrected chi connectivity index (χ0v) is 14.0. The summed E-state index contributed by atoms with van der Waals surface area (Å²) in [7, 11) is 0. The Labute approximate surface area is 142 Å². The third-order valence-electron chi connectivity index (χ3n) is 4.24. The molecule has 22 heavy (non-hydrogen) atoms. The molecule has 0 spiro atoms. The number of benzene rings is 1. The van der Waals surface area contributed by atoms with Crippen LogP contribution in [0, 0.1) is 0 Å². The average molecular weight is 345 g/mol. The number of carbonyl (C=O) groups is 1. The Morgan fingerprint density at radius 2 is 2.23 bits per heavy atom. The van der Waals surface area contributed by atoms with Crippen LogP contribution in [0.3, 0.4) is 0 Å². The molecule has 2 aliphatic rings. The van der Waals surface area contributed by atoms with Gasteiger partial charge in [0.25, 0.3) is 0 Å². The molecule has 2 saturated heterocycles. The van der Waals surface area contributed by atoms with E-state index in [4.69, 9.17) is 16.3 Å². The first-order valence-electron chi connectivity index (χ1n) is 7.62. The highest BCUT2D eigenvalue weighted by Gasteiger charge is 2.32. The standard InChI is InChI=1S/C16H21ClN2O2.ClH/c17-14-5-2-1-4-13(14)15-6-3-8-19(15)16(20)10-12-11-18-7-9-21-12;/h1-2,4-5,12,15,18H,3,6-11H2;1H. The van der Waals surface area contributed by atoms with Crippen LogP contribution in [0.25, 0.3) is 0 Å². The van der Waals surface area contributed by atoms with Crippen LogP contribution in [0.5, 0.6) is 0 Å². The van der Waals surface area contributed by atoms with E-state index >= 15 is 0 Å². The second-order valence-electron chi connectivity index (χ2n) is 5.67. The number of hydrogen-bond donors (Lipinski definition) is 1. The van der Waals surface area contributed by atoms with Gasteiger partial charge in [-0.05, 0) is 24.5 Å². The highest BCUT2D eigenvalue weighted by atomic mass is 35.5. The molecule has 3 rings (SSSR count). The van der Waals surface area contributed by atoms with Gasteiger partial charge in [-0.15, -0.1) is 12.4 Å². The maximum Gasteiger partial charge on any atom is 0.225 e. The van der Waals surface area contributed by atoms with E-state index in [1.807, 2.05) is 29.2 Å². The third-order valence-corrected chi connectivity index (χ3v) is 4.59. The lowest BCUT2D eigenvalue weighted by Crippen LogP contribution is -2.42. The molecule has 1 amide bonds. The molecule has 2 aliphatic heterocycles. The molecular weight excluding hydrogens is 323 g/mol. The molecule has 1 aromatic rings. The van der Waals surface area contributed by atoms with Crippen molar-refractivity contribution >= 4 is 29.9 Å². The number of halogens is 2. The van der Waals surface area contributed by atoms with Crippen LogP contribution in [0.1, 0.15) is 30.9 Å². The quantitative estimate of drug-likeness (QED) is 0.916. The van der Waals surface area contributed by atoms with Gasteiger partial charge in [0.05, 0.1) is 25.2 Å². The van der Waals surface area contributed by atoms with Gasteiger partial charge in [0.15, 0.2) is 0 Å². The molecule has 0 radical (unpaired) electrons. The second-order valence-corrected chi connectivity index (χ2v) is 6.07. The lowest BCUT2D eigenvalue weighted by molar-refractivity contribution is -0.135. The first kappa shape index (κ1) is 17.5. The molecule has 0 aromatic heterocycles. The molecule has 2 heterocycles. The summed E-state index contributed by atoms with van der Waals surface area (Å²) in [6, 6.07) is 7.94. The SMILES string of the molecule is Cl.O=C(CC1CNCCO1)N1CCCC1c1ccccc1Cl. The van der Waals surface area contributed by atoms with Crippen LogP contribution in [-0.4, -0.2) is 43.2 Å². The first-order chi connectivity index (χ1) is 10.3. The maximum atomic E-state index is 12.6. The van der Waals surface area contributed by atoms with Crippen molar-refractivity contribution in [3.05, 3.63) is 34.9 Å². The van der Waals surface area contributed by atoms with Crippen LogP contribution >= 0.6 is 24.0 Å². The fourth-order valence-electron chi connectivity index (χ4n) is 3.20. The Morgan fingerprint density at radius 1 is 1.41 bits per heavy atom. The zero-order chi connectivity index (χ0) is 14.7. The van der Waals surface area contributed by atoms with Crippen molar-refractivity contribution in [2.45, 2.75) is 31.4 Å². The largest absolute Gasteiger partial charge is 0.375 e. The predicted molar refractivity (Wildman–Crippen MR) is 89.6 cm³/mol. The second kappa shape index (κ2) is 8.16. The summed E-state index contributed by atoms with van der Waals surface area (Å²) < 4.78 is 5.64. The van der Waals surface area contributed by atoms with Crippen LogP contribution in [0.2, 0.25) is 5.02 Å². The minimum atomic E-state index is -0.00116. The Morgan fingerprint density at radius 3 is 2.95 bits per heavy atom. The lowest BCUT2D eigenvalue weighted by atomic mass is 10.0. The van der Waals surface area contributed by atoms with Crippen LogP contribution in [0.15, 0.2) is 24.3 Å². The predicted octanol–water partition coefficient (Wildman–Crippen LogP) is 2.80. The minimum Gasteiger partial charge on any atom is -0.375 e. The van der Waals surface area contributed by atoms with Crippen LogP contribution in [-0.2, 0) is 9.53 Å². The Kier molecular flexibility index (Phi) is 6.50. The number of nitrogens with zero attached hydrogens (tertiary/aromatic N) is 1. The summed E-state index contributed by atoms with van der Waals surface area (Å²) in [5.41, 5.74) is 1.06. The van der Waals surface area contributed by atoms with Gasteiger partial charge in [-0.25, -0.2) is 0 Å². The van der Waals surface area contributed by atoms with Crippen molar-refractivity contribution in [2.24, 2.45) is 0 Å². The van der Waals surface area contributed by atoms with E-state index < -0.39 is 0 Å². The highest BCUT2D eigenvalue weighted by Crippen LogP contribution is 2.36. The van der Waals surface area contributed by atoms with Gasteiger partial charge in [0, 0.05) is 24.7 Å². The third kappa shape index (κ3) is 3.93. The number of ether oxygens (including phenoxy) is 1. The van der Waals surface area contributed by atoms with Crippen molar-refractivity contribution < 1.29 is 9.53 Å². The van der Waals surface area contributed by atoms with E-state index in [1.54, 1.807) is 0 Å². The molecule has 4 nitrogen and oxygen atoms in total. The molecule has 2 unspecified atom stereocenters. The van der Waals surface area contributed by atoms with Crippen molar-refractivity contribution in [3.63, 3.8) is 0 Å². The molecule has 6 heteroatoms. The van der Waals surface area contributed by atoms with Crippen molar-refractivity contribution in [3.8, 4) is 0 Å². The molecule has 0 saturated carbocycles. The number of carbonyl (C=O) groups excluding carboxylic acids is 1. The number of nitrogens with one attached hydrogen (secondary N) is 1. The summed E-state index contributed by atoms with van der Waals surface area (Å²) in [5.74, 6) is 0.172. The first-order valence-corrected chi connectivity index (χ1v) is 7.99.